The largest absolute Gasteiger partial charge is 0.508 e. The summed E-state index contributed by atoms with van der Waals surface area (Å²) in [7, 11) is -4.32. The van der Waals surface area contributed by atoms with Crippen LogP contribution in [0.4, 0.5) is 23.2 Å². The number of methoxy groups -OCH3 is 1. The van der Waals surface area contributed by atoms with Crippen molar-refractivity contribution in [3.63, 3.8) is 0 Å². The number of phenolic OH excluding ortho intramolecular Hbond substituents is 1. The van der Waals surface area contributed by atoms with Gasteiger partial charge in [-0.15, -0.1) is 0 Å². The van der Waals surface area contributed by atoms with Crippen LogP contribution >= 0.6 is 34.8 Å². The molecular formula is C50H52B6Cl3F4NO16. The minimum atomic E-state index is -2.96. The molecule has 0 radical (unpaired) electrons. The number of rotatable bonds is 6. The molecule has 420 valence electrons. The number of anilines is 1. The average molecular weight is 1170 g/mol. The van der Waals surface area contributed by atoms with Crippen molar-refractivity contribution in [2.45, 2.75) is 79.4 Å². The lowest BCUT2D eigenvalue weighted by molar-refractivity contribution is -0.0492. The fraction of sp³-hybridized carbons (Fsp3) is 0.280. The number of aromatic hydroxyl groups is 1. The topological polar surface area (TPSA) is 251 Å². The van der Waals surface area contributed by atoms with Crippen LogP contribution in [0.3, 0.4) is 0 Å². The van der Waals surface area contributed by atoms with E-state index in [9.17, 15) is 52.8 Å². The molecule has 6 aliphatic rings. The van der Waals surface area contributed by atoms with Crippen LogP contribution in [-0.2, 0) is 66.6 Å². The molecule has 6 aromatic rings. The van der Waals surface area contributed by atoms with Crippen molar-refractivity contribution in [1.82, 2.24) is 0 Å². The van der Waals surface area contributed by atoms with Gasteiger partial charge in [-0.05, 0) is 138 Å². The molecule has 0 aliphatic carbocycles. The van der Waals surface area contributed by atoms with Crippen molar-refractivity contribution >= 4 is 116 Å². The van der Waals surface area contributed by atoms with Crippen molar-refractivity contribution in [2.24, 2.45) is 0 Å². The Morgan fingerprint density at radius 3 is 1.68 bits per heavy atom. The standard InChI is InChI=1S/C10H12BClO3.C9H11BClNO2.C8H6BClF2O3.C8H8BFO3.C8H8BFO2.C7H7BO3/c1-2-3-14-9-5-8(12)4-7-6-15-11(13)10(7)9;1-9(2)5-3-7(11)8(12)4-6(5)10(13)14-9;10-5-1-4-3-14-9(13)7(4)6(2-5)15-8(11)12;1-12-7-3-6(10)2-5-4-13-9(11)8(5)7;1-5-2-7(10)3-6-4-12-9(11)8(5)6;9-7-3-1-2-6-5(7)4-11-8(6)10/h4-5,13H,2-3,6H2,1H3;3-4,13H,12H2,1-2H3;1-2,8,13H,3H2;2-3,11H,4H2,1H3;2-3,11H,4H2,1H3;1-3,9-10H,4H2. The molecule has 0 unspecified atom stereocenters. The van der Waals surface area contributed by atoms with Gasteiger partial charge in [-0.25, -0.2) is 8.78 Å². The van der Waals surface area contributed by atoms with E-state index in [4.69, 9.17) is 77.9 Å². The molecule has 0 saturated heterocycles. The van der Waals surface area contributed by atoms with Crippen LogP contribution in [-0.4, -0.2) is 98.3 Å². The lowest BCUT2D eigenvalue weighted by Gasteiger charge is -2.19. The number of benzene rings is 6. The molecule has 80 heavy (non-hydrogen) atoms. The second kappa shape index (κ2) is 27.3. The normalized spacial score (nSPS) is 15.3. The monoisotopic (exact) mass is 1170 g/mol. The first-order chi connectivity index (χ1) is 37.9. The van der Waals surface area contributed by atoms with E-state index >= 15 is 0 Å². The van der Waals surface area contributed by atoms with Gasteiger partial charge in [-0.1, -0.05) is 53.9 Å². The van der Waals surface area contributed by atoms with Crippen molar-refractivity contribution < 1.29 is 94.9 Å². The van der Waals surface area contributed by atoms with E-state index in [1.54, 1.807) is 55.5 Å². The zero-order valence-electron chi connectivity index (χ0n) is 43.5. The molecule has 6 aliphatic heterocycles. The molecule has 0 spiro atoms. The predicted octanol–water partition coefficient (Wildman–Crippen LogP) is 3.39. The number of fused-ring (bicyclic) bond motifs is 6. The quantitative estimate of drug-likeness (QED) is 0.0676. The van der Waals surface area contributed by atoms with Crippen LogP contribution in [0.1, 0.15) is 66.1 Å². The van der Waals surface area contributed by atoms with E-state index in [0.29, 0.717) is 92.2 Å². The van der Waals surface area contributed by atoms with Gasteiger partial charge in [0.1, 0.15) is 34.6 Å². The Bertz CT molecular complexity index is 3190. The first-order valence-corrected chi connectivity index (χ1v) is 25.7. The van der Waals surface area contributed by atoms with Gasteiger partial charge in [0.25, 0.3) is 0 Å². The fourth-order valence-electron chi connectivity index (χ4n) is 9.11. The van der Waals surface area contributed by atoms with Gasteiger partial charge in [0, 0.05) is 43.8 Å². The molecule has 9 N–H and O–H groups in total. The van der Waals surface area contributed by atoms with E-state index in [1.807, 2.05) is 20.8 Å². The predicted molar refractivity (Wildman–Crippen MR) is 297 cm³/mol. The maximum atomic E-state index is 12.9. The maximum absolute atomic E-state index is 12.9. The Labute approximate surface area is 475 Å². The molecule has 0 aromatic heterocycles. The second-order valence-electron chi connectivity index (χ2n) is 18.8. The molecular weight excluding hydrogens is 1120 g/mol. The SMILES string of the molecule is CC1(C)OB(O)c2cc(N)c(Cl)cc21.CCCOc1cc(Cl)cc2c1B(O)OC2.COc1cc(F)cc2c1B(O)OC2.Cc1cc(F)cc2c1B(O)OC2.OB1OCc2c(O)cccc21.OB1OCc2cc(Cl)cc(OC(F)F)c21. The Balaban J connectivity index is 0.000000139. The van der Waals surface area contributed by atoms with Gasteiger partial charge in [0.05, 0.1) is 57.4 Å². The Morgan fingerprint density at radius 2 is 1.12 bits per heavy atom. The highest BCUT2D eigenvalue weighted by atomic mass is 35.5. The number of hydrogen-bond donors (Lipinski definition) is 8. The number of phenols is 1. The zero-order chi connectivity index (χ0) is 58.3. The summed E-state index contributed by atoms with van der Waals surface area (Å²) in [5.41, 5.74) is 14.4. The highest BCUT2D eigenvalue weighted by Crippen LogP contribution is 2.34. The lowest BCUT2D eigenvalue weighted by atomic mass is 9.76. The number of nitrogens with two attached hydrogens (primary N) is 1. The van der Waals surface area contributed by atoms with Crippen molar-refractivity contribution in [3.05, 3.63) is 145 Å². The lowest BCUT2D eigenvalue weighted by Crippen LogP contribution is -2.30. The molecule has 0 fully saturated rings. The Hall–Kier alpha value is -5.18. The molecule has 17 nitrogen and oxygen atoms in total. The molecule has 30 heteroatoms. The number of halogens is 7. The van der Waals surface area contributed by atoms with E-state index in [1.165, 1.54) is 37.4 Å². The van der Waals surface area contributed by atoms with Crippen LogP contribution in [0.2, 0.25) is 15.1 Å². The van der Waals surface area contributed by atoms with Crippen LogP contribution < -0.4 is 52.7 Å². The summed E-state index contributed by atoms with van der Waals surface area (Å²) in [6.07, 6.45) is 0.915. The van der Waals surface area contributed by atoms with Crippen LogP contribution in [0.5, 0.6) is 23.0 Å². The summed E-state index contributed by atoms with van der Waals surface area (Å²) in [5, 5.41) is 67.1. The van der Waals surface area contributed by atoms with Gasteiger partial charge < -0.3 is 83.1 Å². The van der Waals surface area contributed by atoms with Gasteiger partial charge in [-0.2, -0.15) is 8.78 Å². The Morgan fingerprint density at radius 1 is 0.625 bits per heavy atom. The zero-order valence-corrected chi connectivity index (χ0v) is 45.8. The number of ether oxygens (including phenoxy) is 3. The number of hydrogen-bond acceptors (Lipinski definition) is 17. The summed E-state index contributed by atoms with van der Waals surface area (Å²) in [5.74, 6) is 0.359. The fourth-order valence-corrected chi connectivity index (χ4v) is 9.74. The van der Waals surface area contributed by atoms with Gasteiger partial charge in [-0.3, -0.25) is 0 Å². The van der Waals surface area contributed by atoms with E-state index in [-0.39, 0.29) is 46.8 Å². The summed E-state index contributed by atoms with van der Waals surface area (Å²) < 4.78 is 94.7. The third-order valence-corrected chi connectivity index (χ3v) is 13.6. The maximum Gasteiger partial charge on any atom is 0.495 e. The third kappa shape index (κ3) is 14.9. The third-order valence-electron chi connectivity index (χ3n) is 12.8. The molecule has 0 bridgehead atoms. The van der Waals surface area contributed by atoms with Crippen molar-refractivity contribution in [2.75, 3.05) is 19.5 Å². The van der Waals surface area contributed by atoms with Crippen LogP contribution in [0, 0.1) is 18.6 Å². The average Bonchev–Trinajstić information content (AvgIpc) is 4.27. The molecule has 12 rings (SSSR count). The van der Waals surface area contributed by atoms with E-state index in [2.05, 4.69) is 4.74 Å². The summed E-state index contributed by atoms with van der Waals surface area (Å²) >= 11 is 17.5. The number of aryl methyl sites for hydroxylation is 1. The summed E-state index contributed by atoms with van der Waals surface area (Å²) in [6, 6.07) is 20.1. The highest BCUT2D eigenvalue weighted by Gasteiger charge is 2.41. The minimum absolute atomic E-state index is 0.136. The minimum Gasteiger partial charge on any atom is -0.508 e. The van der Waals surface area contributed by atoms with E-state index in [0.717, 1.165) is 34.1 Å². The van der Waals surface area contributed by atoms with Crippen molar-refractivity contribution in [1.29, 1.82) is 0 Å². The molecule has 0 saturated carbocycles. The smallest absolute Gasteiger partial charge is 0.495 e. The first kappa shape index (κ1) is 62.4. The van der Waals surface area contributed by atoms with Crippen LogP contribution in [0.15, 0.2) is 78.9 Å². The first-order valence-electron chi connectivity index (χ1n) is 24.5. The molecule has 0 atom stereocenters. The van der Waals surface area contributed by atoms with E-state index < -0.39 is 54.9 Å². The highest BCUT2D eigenvalue weighted by molar-refractivity contribution is 6.64. The number of alkyl halides is 2. The molecule has 6 aromatic carbocycles. The van der Waals surface area contributed by atoms with Crippen molar-refractivity contribution in [3.8, 4) is 23.0 Å². The second-order valence-corrected chi connectivity index (χ2v) is 20.0. The van der Waals surface area contributed by atoms with Crippen LogP contribution in [0.25, 0.3) is 0 Å². The van der Waals surface area contributed by atoms with Gasteiger partial charge in [0.2, 0.25) is 0 Å². The van der Waals surface area contributed by atoms with Gasteiger partial charge >= 0.3 is 49.3 Å². The number of nitrogen functional groups attached to an aromatic ring is 1. The summed E-state index contributed by atoms with van der Waals surface area (Å²) in [6.45, 7) is 6.56. The molecule has 6 heterocycles. The van der Waals surface area contributed by atoms with Gasteiger partial charge in [0.15, 0.2) is 0 Å². The summed E-state index contributed by atoms with van der Waals surface area (Å²) in [4.78, 5) is 0. The molecule has 0 amide bonds. The Kier molecular flexibility index (Phi) is 21.3.